The number of aryl methyl sites for hydroxylation is 1. The molecule has 0 unspecified atom stereocenters. The molecule has 0 aromatic carbocycles. The van der Waals surface area contributed by atoms with Crippen LogP contribution in [-0.2, 0) is 16.0 Å². The van der Waals surface area contributed by atoms with Crippen LogP contribution in [0.2, 0.25) is 0 Å². The molecule has 0 saturated heterocycles. The van der Waals surface area contributed by atoms with Crippen molar-refractivity contribution < 1.29 is 14.7 Å². The van der Waals surface area contributed by atoms with Crippen LogP contribution >= 0.6 is 11.3 Å². The van der Waals surface area contributed by atoms with E-state index in [4.69, 9.17) is 0 Å². The molecule has 2 rings (SSSR count). The molecule has 0 aliphatic heterocycles. The Morgan fingerprint density at radius 1 is 1.25 bits per heavy atom. The van der Waals surface area contributed by atoms with E-state index in [-0.39, 0.29) is 5.91 Å². The smallest absolute Gasteiger partial charge is 0.329 e. The van der Waals surface area contributed by atoms with E-state index in [1.54, 1.807) is 11.3 Å². The summed E-state index contributed by atoms with van der Waals surface area (Å²) in [6, 6.07) is 3.96. The number of carbonyl (C=O) groups is 2. The van der Waals surface area contributed by atoms with Crippen molar-refractivity contribution in [2.45, 2.75) is 56.9 Å². The highest BCUT2D eigenvalue weighted by atomic mass is 32.1. The normalized spacial score (nSPS) is 18.2. The number of hydrogen-bond acceptors (Lipinski definition) is 3. The van der Waals surface area contributed by atoms with Gasteiger partial charge >= 0.3 is 5.97 Å². The lowest BCUT2D eigenvalue weighted by molar-refractivity contribution is -0.148. The third-order valence-electron chi connectivity index (χ3n) is 3.92. The topological polar surface area (TPSA) is 66.4 Å². The maximum Gasteiger partial charge on any atom is 0.329 e. The van der Waals surface area contributed by atoms with Gasteiger partial charge in [0.25, 0.3) is 0 Å². The van der Waals surface area contributed by atoms with Crippen LogP contribution in [0.3, 0.4) is 0 Å². The molecule has 4 nitrogen and oxygen atoms in total. The minimum absolute atomic E-state index is 0.150. The Labute approximate surface area is 123 Å². The van der Waals surface area contributed by atoms with Gasteiger partial charge in [0, 0.05) is 11.3 Å². The molecule has 1 fully saturated rings. The largest absolute Gasteiger partial charge is 0.480 e. The van der Waals surface area contributed by atoms with E-state index in [1.165, 1.54) is 0 Å². The first kappa shape index (κ1) is 15.0. The van der Waals surface area contributed by atoms with E-state index in [1.807, 2.05) is 17.5 Å². The van der Waals surface area contributed by atoms with Crippen LogP contribution in [-0.4, -0.2) is 22.5 Å². The average molecular weight is 295 g/mol. The van der Waals surface area contributed by atoms with Crippen LogP contribution in [0.1, 0.15) is 49.8 Å². The standard InChI is InChI=1S/C15H21NO3S/c17-13(8-7-12-6-5-11-20-12)16-15(14(18)19)9-3-1-2-4-10-15/h5-6,11H,1-4,7-10H2,(H,16,17)(H,18,19). The third kappa shape index (κ3) is 3.82. The van der Waals surface area contributed by atoms with E-state index in [2.05, 4.69) is 5.32 Å². The molecule has 1 aromatic heterocycles. The summed E-state index contributed by atoms with van der Waals surface area (Å²) in [6.45, 7) is 0. The number of rotatable bonds is 5. The van der Waals surface area contributed by atoms with Crippen LogP contribution in [0.25, 0.3) is 0 Å². The van der Waals surface area contributed by atoms with Gasteiger partial charge in [0.2, 0.25) is 5.91 Å². The summed E-state index contributed by atoms with van der Waals surface area (Å²) in [4.78, 5) is 24.8. The van der Waals surface area contributed by atoms with Gasteiger partial charge in [-0.1, -0.05) is 31.7 Å². The number of carboxylic acid groups (broad SMARTS) is 1. The van der Waals surface area contributed by atoms with Crippen LogP contribution in [0, 0.1) is 0 Å². The van der Waals surface area contributed by atoms with Gasteiger partial charge in [-0.2, -0.15) is 0 Å². The summed E-state index contributed by atoms with van der Waals surface area (Å²) in [6.07, 6.45) is 5.99. The number of aliphatic carboxylic acids is 1. The Balaban J connectivity index is 1.93. The Hall–Kier alpha value is -1.36. The molecular formula is C15H21NO3S. The Morgan fingerprint density at radius 2 is 1.95 bits per heavy atom. The predicted molar refractivity (Wildman–Crippen MR) is 78.9 cm³/mol. The summed E-state index contributed by atoms with van der Waals surface area (Å²) in [5.74, 6) is -1.04. The molecule has 0 atom stereocenters. The molecule has 1 aliphatic carbocycles. The lowest BCUT2D eigenvalue weighted by Crippen LogP contribution is -2.54. The molecular weight excluding hydrogens is 274 g/mol. The van der Waals surface area contributed by atoms with E-state index in [0.717, 1.165) is 30.6 Å². The summed E-state index contributed by atoms with van der Waals surface area (Å²) in [5.41, 5.74) is -1.04. The van der Waals surface area contributed by atoms with Crippen molar-refractivity contribution in [1.29, 1.82) is 0 Å². The molecule has 1 heterocycles. The highest BCUT2D eigenvalue weighted by molar-refractivity contribution is 7.09. The molecule has 1 saturated carbocycles. The molecule has 5 heteroatoms. The number of carboxylic acids is 1. The van der Waals surface area contributed by atoms with Crippen LogP contribution in [0.15, 0.2) is 17.5 Å². The van der Waals surface area contributed by atoms with Crippen molar-refractivity contribution in [2.75, 3.05) is 0 Å². The van der Waals surface area contributed by atoms with E-state index < -0.39 is 11.5 Å². The molecule has 0 radical (unpaired) electrons. The molecule has 2 N–H and O–H groups in total. The first-order valence-electron chi connectivity index (χ1n) is 7.19. The Kier molecular flexibility index (Phi) is 5.17. The predicted octanol–water partition coefficient (Wildman–Crippen LogP) is 2.97. The Morgan fingerprint density at radius 3 is 2.50 bits per heavy atom. The number of hydrogen-bond donors (Lipinski definition) is 2. The third-order valence-corrected chi connectivity index (χ3v) is 4.86. The van der Waals surface area contributed by atoms with Crippen LogP contribution in [0.4, 0.5) is 0 Å². The molecule has 0 bridgehead atoms. The van der Waals surface area contributed by atoms with Gasteiger partial charge in [-0.25, -0.2) is 4.79 Å². The molecule has 1 amide bonds. The van der Waals surface area contributed by atoms with Crippen LogP contribution in [0.5, 0.6) is 0 Å². The van der Waals surface area contributed by atoms with E-state index >= 15 is 0 Å². The van der Waals surface area contributed by atoms with Crippen molar-refractivity contribution in [1.82, 2.24) is 5.32 Å². The SMILES string of the molecule is O=C(CCc1cccs1)NC1(C(=O)O)CCCCCC1. The van der Waals surface area contributed by atoms with Gasteiger partial charge < -0.3 is 10.4 Å². The first-order chi connectivity index (χ1) is 9.62. The fourth-order valence-corrected chi connectivity index (χ4v) is 3.45. The van der Waals surface area contributed by atoms with Crippen molar-refractivity contribution >= 4 is 23.2 Å². The van der Waals surface area contributed by atoms with Gasteiger partial charge in [0.1, 0.15) is 5.54 Å². The zero-order valence-corrected chi connectivity index (χ0v) is 12.4. The molecule has 110 valence electrons. The maximum absolute atomic E-state index is 12.1. The van der Waals surface area contributed by atoms with Crippen molar-refractivity contribution in [3.63, 3.8) is 0 Å². The second-order valence-corrected chi connectivity index (χ2v) is 6.46. The lowest BCUT2D eigenvalue weighted by atomic mass is 9.90. The van der Waals surface area contributed by atoms with Crippen LogP contribution < -0.4 is 5.32 Å². The van der Waals surface area contributed by atoms with Crippen molar-refractivity contribution in [3.05, 3.63) is 22.4 Å². The minimum atomic E-state index is -1.04. The van der Waals surface area contributed by atoms with Crippen molar-refractivity contribution in [3.8, 4) is 0 Å². The fourth-order valence-electron chi connectivity index (χ4n) is 2.75. The summed E-state index contributed by atoms with van der Waals surface area (Å²) in [7, 11) is 0. The zero-order valence-electron chi connectivity index (χ0n) is 11.6. The number of carbonyl (C=O) groups excluding carboxylic acids is 1. The summed E-state index contributed by atoms with van der Waals surface area (Å²) >= 11 is 1.62. The van der Waals surface area contributed by atoms with Crippen molar-refractivity contribution in [2.24, 2.45) is 0 Å². The average Bonchev–Trinajstić information content (AvgIpc) is 2.82. The fraction of sp³-hybridized carbons (Fsp3) is 0.600. The molecule has 20 heavy (non-hydrogen) atoms. The molecule has 1 aliphatic rings. The maximum atomic E-state index is 12.1. The number of thiophene rings is 1. The zero-order chi connectivity index (χ0) is 14.4. The number of nitrogens with one attached hydrogen (secondary N) is 1. The van der Waals surface area contributed by atoms with Gasteiger partial charge in [0.15, 0.2) is 0 Å². The second-order valence-electron chi connectivity index (χ2n) is 5.43. The van der Waals surface area contributed by atoms with E-state index in [0.29, 0.717) is 25.7 Å². The van der Waals surface area contributed by atoms with E-state index in [9.17, 15) is 14.7 Å². The Bertz CT molecular complexity index is 448. The lowest BCUT2D eigenvalue weighted by Gasteiger charge is -2.29. The quantitative estimate of drug-likeness (QED) is 0.821. The molecule has 1 aromatic rings. The monoisotopic (exact) mass is 295 g/mol. The van der Waals surface area contributed by atoms with Gasteiger partial charge in [-0.3, -0.25) is 4.79 Å². The minimum Gasteiger partial charge on any atom is -0.480 e. The highest BCUT2D eigenvalue weighted by Gasteiger charge is 2.39. The summed E-state index contributed by atoms with van der Waals surface area (Å²) < 4.78 is 0. The summed E-state index contributed by atoms with van der Waals surface area (Å²) in [5, 5.41) is 14.3. The van der Waals surface area contributed by atoms with Gasteiger partial charge in [-0.15, -0.1) is 11.3 Å². The number of amides is 1. The second kappa shape index (κ2) is 6.88. The first-order valence-corrected chi connectivity index (χ1v) is 8.07. The van der Waals surface area contributed by atoms with Gasteiger partial charge in [0.05, 0.1) is 0 Å². The highest BCUT2D eigenvalue weighted by Crippen LogP contribution is 2.27. The molecule has 0 spiro atoms. The van der Waals surface area contributed by atoms with Gasteiger partial charge in [-0.05, 0) is 30.7 Å².